The van der Waals surface area contributed by atoms with Crippen molar-refractivity contribution < 1.29 is 9.53 Å². The molecule has 17 heavy (non-hydrogen) atoms. The normalized spacial score (nSPS) is 34.9. The third-order valence-corrected chi connectivity index (χ3v) is 3.82. The van der Waals surface area contributed by atoms with Gasteiger partial charge in [0.15, 0.2) is 0 Å². The molecule has 1 unspecified atom stereocenters. The second-order valence-electron chi connectivity index (χ2n) is 4.99. The quantitative estimate of drug-likeness (QED) is 0.791. The van der Waals surface area contributed by atoms with Crippen LogP contribution in [-0.2, 0) is 15.1 Å². The Morgan fingerprint density at radius 1 is 1.41 bits per heavy atom. The molecular formula is C14H17NO2. The van der Waals surface area contributed by atoms with Crippen LogP contribution in [0.2, 0.25) is 0 Å². The van der Waals surface area contributed by atoms with Gasteiger partial charge in [0.25, 0.3) is 0 Å². The predicted octanol–water partition coefficient (Wildman–Crippen LogP) is 1.97. The topological polar surface area (TPSA) is 41.6 Å². The summed E-state index contributed by atoms with van der Waals surface area (Å²) in [5, 5.41) is 3.00. The first-order chi connectivity index (χ1) is 8.22. The first-order valence-electron chi connectivity index (χ1n) is 6.23. The minimum atomic E-state index is -0.118. The van der Waals surface area contributed by atoms with Gasteiger partial charge in [-0.1, -0.05) is 30.3 Å². The summed E-state index contributed by atoms with van der Waals surface area (Å²) in [6.45, 7) is 1.57. The van der Waals surface area contributed by atoms with E-state index < -0.39 is 0 Å². The smallest absolute Gasteiger partial charge is 0.217 e. The highest BCUT2D eigenvalue weighted by molar-refractivity contribution is 5.73. The van der Waals surface area contributed by atoms with Gasteiger partial charge in [-0.25, -0.2) is 0 Å². The van der Waals surface area contributed by atoms with Crippen molar-refractivity contribution in [2.45, 2.75) is 43.9 Å². The number of amides is 1. The van der Waals surface area contributed by atoms with Crippen LogP contribution >= 0.6 is 0 Å². The minimum absolute atomic E-state index is 0.0364. The third kappa shape index (κ3) is 1.75. The molecule has 2 aliphatic rings. The highest BCUT2D eigenvalue weighted by Crippen LogP contribution is 2.55. The maximum Gasteiger partial charge on any atom is 0.217 e. The molecule has 1 amide bonds. The lowest BCUT2D eigenvalue weighted by molar-refractivity contribution is -0.119. The van der Waals surface area contributed by atoms with Gasteiger partial charge in [0, 0.05) is 6.92 Å². The second kappa shape index (κ2) is 3.84. The molecule has 0 radical (unpaired) electrons. The van der Waals surface area contributed by atoms with Gasteiger partial charge in [0.05, 0.1) is 6.04 Å². The van der Waals surface area contributed by atoms with Gasteiger partial charge in [-0.3, -0.25) is 4.79 Å². The van der Waals surface area contributed by atoms with Gasteiger partial charge >= 0.3 is 0 Å². The largest absolute Gasteiger partial charge is 0.359 e. The van der Waals surface area contributed by atoms with E-state index >= 15 is 0 Å². The molecular weight excluding hydrogens is 214 g/mol. The number of carbonyl (C=O) groups is 1. The first kappa shape index (κ1) is 10.8. The molecule has 0 spiro atoms. The van der Waals surface area contributed by atoms with Crippen molar-refractivity contribution in [2.24, 2.45) is 0 Å². The van der Waals surface area contributed by atoms with E-state index in [9.17, 15) is 4.79 Å². The van der Waals surface area contributed by atoms with E-state index in [1.54, 1.807) is 6.92 Å². The number of carbonyl (C=O) groups excluding carboxylic acids is 1. The molecule has 0 bridgehead atoms. The molecule has 3 atom stereocenters. The molecule has 1 N–H and O–H groups in total. The summed E-state index contributed by atoms with van der Waals surface area (Å²) in [5.41, 5.74) is 1.13. The second-order valence-corrected chi connectivity index (χ2v) is 4.99. The zero-order valence-electron chi connectivity index (χ0n) is 9.98. The van der Waals surface area contributed by atoms with Crippen molar-refractivity contribution in [3.8, 4) is 0 Å². The molecule has 0 aromatic heterocycles. The summed E-state index contributed by atoms with van der Waals surface area (Å²) in [6, 6.07) is 10.5. The summed E-state index contributed by atoms with van der Waals surface area (Å²) in [6.07, 6.45) is 3.37. The average molecular weight is 231 g/mol. The van der Waals surface area contributed by atoms with E-state index in [-0.39, 0.29) is 23.7 Å². The number of rotatable bonds is 2. The minimum Gasteiger partial charge on any atom is -0.359 e. The average Bonchev–Trinajstić information content (AvgIpc) is 3.07. The van der Waals surface area contributed by atoms with Gasteiger partial charge in [-0.05, 0) is 24.8 Å². The zero-order valence-corrected chi connectivity index (χ0v) is 9.98. The molecule has 1 aromatic rings. The van der Waals surface area contributed by atoms with Gasteiger partial charge < -0.3 is 10.1 Å². The van der Waals surface area contributed by atoms with Crippen LogP contribution in [0, 0.1) is 0 Å². The Hall–Kier alpha value is -1.35. The SMILES string of the molecule is CC(=O)N[C@@H]1CCC[C@@]2(c3ccccc3)OC12. The van der Waals surface area contributed by atoms with Gasteiger partial charge in [-0.15, -0.1) is 0 Å². The van der Waals surface area contributed by atoms with Crippen LogP contribution in [0.5, 0.6) is 0 Å². The summed E-state index contributed by atoms with van der Waals surface area (Å²) >= 11 is 0. The monoisotopic (exact) mass is 231 g/mol. The molecule has 2 fully saturated rings. The van der Waals surface area contributed by atoms with Crippen molar-refractivity contribution >= 4 is 5.91 Å². The molecule has 90 valence electrons. The molecule has 1 aromatic carbocycles. The van der Waals surface area contributed by atoms with Crippen LogP contribution in [0.4, 0.5) is 0 Å². The summed E-state index contributed by atoms with van der Waals surface area (Å²) < 4.78 is 5.95. The number of benzene rings is 1. The Labute approximate surface area is 101 Å². The van der Waals surface area contributed by atoms with E-state index in [0.29, 0.717) is 0 Å². The molecule has 1 saturated carbocycles. The van der Waals surface area contributed by atoms with E-state index in [2.05, 4.69) is 17.4 Å². The predicted molar refractivity (Wildman–Crippen MR) is 64.4 cm³/mol. The molecule has 3 nitrogen and oxygen atoms in total. The van der Waals surface area contributed by atoms with Gasteiger partial charge in [-0.2, -0.15) is 0 Å². The van der Waals surface area contributed by atoms with E-state index in [0.717, 1.165) is 19.3 Å². The number of ether oxygens (including phenoxy) is 1. The van der Waals surface area contributed by atoms with Crippen LogP contribution in [0.15, 0.2) is 30.3 Å². The fourth-order valence-electron chi connectivity index (χ4n) is 3.04. The lowest BCUT2D eigenvalue weighted by Gasteiger charge is -2.24. The number of nitrogens with one attached hydrogen (secondary N) is 1. The van der Waals surface area contributed by atoms with Gasteiger partial charge in [0.1, 0.15) is 11.7 Å². The number of hydrogen-bond acceptors (Lipinski definition) is 2. The molecule has 3 heteroatoms. The standard InChI is InChI=1S/C14H17NO2/c1-10(16)15-12-8-5-9-14(13(12)17-14)11-6-3-2-4-7-11/h2-4,6-7,12-13H,5,8-9H2,1H3,(H,15,16)/t12-,13?,14+/m1/s1. The van der Waals surface area contributed by atoms with Crippen molar-refractivity contribution in [2.75, 3.05) is 0 Å². The van der Waals surface area contributed by atoms with Crippen LogP contribution in [0.3, 0.4) is 0 Å². The maximum absolute atomic E-state index is 11.2. The van der Waals surface area contributed by atoms with Crippen LogP contribution in [0.1, 0.15) is 31.7 Å². The fraction of sp³-hybridized carbons (Fsp3) is 0.500. The lowest BCUT2D eigenvalue weighted by Crippen LogP contribution is -2.42. The first-order valence-corrected chi connectivity index (χ1v) is 6.23. The Bertz CT molecular complexity index is 431. The summed E-state index contributed by atoms with van der Waals surface area (Å²) in [5.74, 6) is 0.0364. The van der Waals surface area contributed by atoms with Crippen LogP contribution < -0.4 is 5.32 Å². The zero-order chi connectivity index (χ0) is 11.9. The molecule has 1 aliphatic carbocycles. The number of epoxide rings is 1. The fourth-order valence-corrected chi connectivity index (χ4v) is 3.04. The molecule has 1 aliphatic heterocycles. The Morgan fingerprint density at radius 3 is 2.88 bits per heavy atom. The highest BCUT2D eigenvalue weighted by atomic mass is 16.6. The van der Waals surface area contributed by atoms with Crippen molar-refractivity contribution in [1.82, 2.24) is 5.32 Å². The Balaban J connectivity index is 1.81. The molecule has 1 saturated heterocycles. The third-order valence-electron chi connectivity index (χ3n) is 3.82. The molecule has 3 rings (SSSR count). The highest BCUT2D eigenvalue weighted by Gasteiger charge is 2.62. The number of fused-ring (bicyclic) bond motifs is 1. The number of hydrogen-bond donors (Lipinski definition) is 1. The van der Waals surface area contributed by atoms with E-state index in [1.807, 2.05) is 18.2 Å². The van der Waals surface area contributed by atoms with Crippen molar-refractivity contribution in [3.05, 3.63) is 35.9 Å². The van der Waals surface area contributed by atoms with Crippen molar-refractivity contribution in [3.63, 3.8) is 0 Å². The summed E-state index contributed by atoms with van der Waals surface area (Å²) in [7, 11) is 0. The summed E-state index contributed by atoms with van der Waals surface area (Å²) in [4.78, 5) is 11.2. The van der Waals surface area contributed by atoms with E-state index in [4.69, 9.17) is 4.74 Å². The lowest BCUT2D eigenvalue weighted by atomic mass is 9.81. The molecule has 1 heterocycles. The Kier molecular flexibility index (Phi) is 2.44. The van der Waals surface area contributed by atoms with Crippen LogP contribution in [-0.4, -0.2) is 18.1 Å². The maximum atomic E-state index is 11.2. The van der Waals surface area contributed by atoms with Crippen molar-refractivity contribution in [1.29, 1.82) is 0 Å². The Morgan fingerprint density at radius 2 is 2.18 bits per heavy atom. The van der Waals surface area contributed by atoms with Crippen LogP contribution in [0.25, 0.3) is 0 Å². The van der Waals surface area contributed by atoms with E-state index in [1.165, 1.54) is 5.56 Å². The van der Waals surface area contributed by atoms with Gasteiger partial charge in [0.2, 0.25) is 5.91 Å².